The summed E-state index contributed by atoms with van der Waals surface area (Å²) in [7, 11) is 0. The standard InChI is InChI=1S/C13H19N3O2/c1-10(12-6-2-3-7-14-12)16-13(17)15-9-11-5-4-8-18-11/h2-3,6-7,10-11H,4-5,8-9H2,1H3,(H2,15,16,17)/t10-,11-/m0/s1. The quantitative estimate of drug-likeness (QED) is 0.852. The molecule has 2 amide bonds. The summed E-state index contributed by atoms with van der Waals surface area (Å²) in [4.78, 5) is 15.9. The number of aromatic nitrogens is 1. The Balaban J connectivity index is 1.73. The Morgan fingerprint density at radius 2 is 2.50 bits per heavy atom. The van der Waals surface area contributed by atoms with Crippen LogP contribution in [0.25, 0.3) is 0 Å². The molecule has 1 saturated heterocycles. The minimum atomic E-state index is -0.177. The van der Waals surface area contributed by atoms with E-state index in [1.807, 2.05) is 25.1 Å². The number of nitrogens with one attached hydrogen (secondary N) is 2. The highest BCUT2D eigenvalue weighted by Crippen LogP contribution is 2.11. The molecule has 0 aromatic carbocycles. The van der Waals surface area contributed by atoms with Crippen molar-refractivity contribution in [3.63, 3.8) is 0 Å². The topological polar surface area (TPSA) is 63.2 Å². The van der Waals surface area contributed by atoms with Crippen LogP contribution in [0.3, 0.4) is 0 Å². The lowest BCUT2D eigenvalue weighted by Crippen LogP contribution is -2.40. The summed E-state index contributed by atoms with van der Waals surface area (Å²) >= 11 is 0. The van der Waals surface area contributed by atoms with Gasteiger partial charge in [-0.1, -0.05) is 6.07 Å². The molecule has 2 rings (SSSR count). The van der Waals surface area contributed by atoms with Gasteiger partial charge < -0.3 is 15.4 Å². The number of nitrogens with zero attached hydrogens (tertiary/aromatic N) is 1. The number of hydrogen-bond acceptors (Lipinski definition) is 3. The van der Waals surface area contributed by atoms with Gasteiger partial charge in [0.1, 0.15) is 0 Å². The molecular weight excluding hydrogens is 230 g/mol. The second kappa shape index (κ2) is 6.35. The number of carbonyl (C=O) groups excluding carboxylic acids is 1. The monoisotopic (exact) mass is 249 g/mol. The number of rotatable bonds is 4. The average molecular weight is 249 g/mol. The highest BCUT2D eigenvalue weighted by Gasteiger charge is 2.17. The van der Waals surface area contributed by atoms with E-state index in [0.717, 1.165) is 25.1 Å². The molecule has 1 aromatic heterocycles. The molecule has 0 radical (unpaired) electrons. The van der Waals surface area contributed by atoms with Gasteiger partial charge in [0.25, 0.3) is 0 Å². The molecule has 1 aliphatic heterocycles. The third-order valence-electron chi connectivity index (χ3n) is 2.99. The van der Waals surface area contributed by atoms with Crippen LogP contribution >= 0.6 is 0 Å². The fraction of sp³-hybridized carbons (Fsp3) is 0.538. The van der Waals surface area contributed by atoms with Crippen LogP contribution in [0.4, 0.5) is 4.79 Å². The number of carbonyl (C=O) groups is 1. The summed E-state index contributed by atoms with van der Waals surface area (Å²) in [5, 5.41) is 5.67. The SMILES string of the molecule is C[C@H](NC(=O)NC[C@@H]1CCCO1)c1ccccn1. The zero-order valence-electron chi connectivity index (χ0n) is 10.6. The zero-order chi connectivity index (χ0) is 12.8. The predicted octanol–water partition coefficient (Wildman–Crippen LogP) is 1.62. The largest absolute Gasteiger partial charge is 0.376 e. The van der Waals surface area contributed by atoms with Crippen molar-refractivity contribution in [2.75, 3.05) is 13.2 Å². The number of amides is 2. The van der Waals surface area contributed by atoms with E-state index in [4.69, 9.17) is 4.74 Å². The van der Waals surface area contributed by atoms with Gasteiger partial charge in [0.05, 0.1) is 17.8 Å². The maximum absolute atomic E-state index is 11.7. The second-order valence-corrected chi connectivity index (χ2v) is 4.47. The van der Waals surface area contributed by atoms with Crippen molar-refractivity contribution in [2.24, 2.45) is 0 Å². The Bertz CT molecular complexity index is 377. The number of pyridine rings is 1. The summed E-state index contributed by atoms with van der Waals surface area (Å²) in [5.74, 6) is 0. The molecule has 0 spiro atoms. The molecule has 0 saturated carbocycles. The van der Waals surface area contributed by atoms with Crippen LogP contribution in [0.1, 0.15) is 31.5 Å². The van der Waals surface area contributed by atoms with E-state index >= 15 is 0 Å². The van der Waals surface area contributed by atoms with Crippen LogP contribution in [0.15, 0.2) is 24.4 Å². The van der Waals surface area contributed by atoms with Gasteiger partial charge >= 0.3 is 6.03 Å². The van der Waals surface area contributed by atoms with Crippen molar-refractivity contribution in [3.8, 4) is 0 Å². The molecule has 2 N–H and O–H groups in total. The summed E-state index contributed by atoms with van der Waals surface area (Å²) < 4.78 is 5.44. The van der Waals surface area contributed by atoms with E-state index in [2.05, 4.69) is 15.6 Å². The predicted molar refractivity (Wildman–Crippen MR) is 68.2 cm³/mol. The third kappa shape index (κ3) is 3.70. The first-order chi connectivity index (χ1) is 8.75. The molecule has 1 aromatic rings. The smallest absolute Gasteiger partial charge is 0.315 e. The third-order valence-corrected chi connectivity index (χ3v) is 2.99. The first kappa shape index (κ1) is 12.8. The van der Waals surface area contributed by atoms with Crippen LogP contribution < -0.4 is 10.6 Å². The Hall–Kier alpha value is -1.62. The summed E-state index contributed by atoms with van der Waals surface area (Å²) in [6.07, 6.45) is 3.99. The Labute approximate surface area is 107 Å². The fourth-order valence-electron chi connectivity index (χ4n) is 1.97. The van der Waals surface area contributed by atoms with Gasteiger partial charge in [-0.25, -0.2) is 4.79 Å². The average Bonchev–Trinajstić information content (AvgIpc) is 2.90. The Morgan fingerprint density at radius 1 is 1.61 bits per heavy atom. The molecule has 0 aliphatic carbocycles. The first-order valence-electron chi connectivity index (χ1n) is 6.32. The maximum Gasteiger partial charge on any atom is 0.315 e. The van der Waals surface area contributed by atoms with Gasteiger partial charge in [-0.15, -0.1) is 0 Å². The van der Waals surface area contributed by atoms with Crippen molar-refractivity contribution in [1.82, 2.24) is 15.6 Å². The summed E-state index contributed by atoms with van der Waals surface area (Å²) in [6.45, 7) is 3.28. The minimum Gasteiger partial charge on any atom is -0.376 e. The maximum atomic E-state index is 11.7. The van der Waals surface area contributed by atoms with Crippen molar-refractivity contribution < 1.29 is 9.53 Å². The van der Waals surface area contributed by atoms with Crippen LogP contribution in [-0.4, -0.2) is 30.3 Å². The molecule has 0 bridgehead atoms. The lowest BCUT2D eigenvalue weighted by Gasteiger charge is -2.15. The van der Waals surface area contributed by atoms with Crippen molar-refractivity contribution in [3.05, 3.63) is 30.1 Å². The highest BCUT2D eigenvalue weighted by atomic mass is 16.5. The lowest BCUT2D eigenvalue weighted by molar-refractivity contribution is 0.111. The zero-order valence-corrected chi connectivity index (χ0v) is 10.6. The van der Waals surface area contributed by atoms with E-state index < -0.39 is 0 Å². The minimum absolute atomic E-state index is 0.101. The van der Waals surface area contributed by atoms with E-state index in [9.17, 15) is 4.79 Å². The van der Waals surface area contributed by atoms with Crippen LogP contribution in [0, 0.1) is 0 Å². The van der Waals surface area contributed by atoms with Crippen LogP contribution in [-0.2, 0) is 4.74 Å². The molecule has 18 heavy (non-hydrogen) atoms. The summed E-state index contributed by atoms with van der Waals surface area (Å²) in [6, 6.07) is 5.38. The lowest BCUT2D eigenvalue weighted by atomic mass is 10.2. The molecule has 2 atom stereocenters. The van der Waals surface area contributed by atoms with Gasteiger partial charge in [-0.05, 0) is 31.9 Å². The molecule has 0 unspecified atom stereocenters. The van der Waals surface area contributed by atoms with E-state index in [1.54, 1.807) is 6.20 Å². The first-order valence-corrected chi connectivity index (χ1v) is 6.32. The van der Waals surface area contributed by atoms with Crippen molar-refractivity contribution in [1.29, 1.82) is 0 Å². The fourth-order valence-corrected chi connectivity index (χ4v) is 1.97. The Kier molecular flexibility index (Phi) is 4.52. The van der Waals surface area contributed by atoms with Crippen LogP contribution in [0.5, 0.6) is 0 Å². The van der Waals surface area contributed by atoms with Crippen molar-refractivity contribution >= 4 is 6.03 Å². The highest BCUT2D eigenvalue weighted by molar-refractivity contribution is 5.74. The molecule has 5 nitrogen and oxygen atoms in total. The molecule has 2 heterocycles. The molecular formula is C13H19N3O2. The molecule has 5 heteroatoms. The number of ether oxygens (including phenoxy) is 1. The van der Waals surface area contributed by atoms with Gasteiger partial charge in [0.2, 0.25) is 0 Å². The summed E-state index contributed by atoms with van der Waals surface area (Å²) in [5.41, 5.74) is 0.852. The van der Waals surface area contributed by atoms with Gasteiger partial charge in [-0.3, -0.25) is 4.98 Å². The molecule has 1 aliphatic rings. The van der Waals surface area contributed by atoms with E-state index in [1.165, 1.54) is 0 Å². The number of urea groups is 1. The van der Waals surface area contributed by atoms with Crippen LogP contribution in [0.2, 0.25) is 0 Å². The number of hydrogen-bond donors (Lipinski definition) is 2. The van der Waals surface area contributed by atoms with Gasteiger partial charge in [-0.2, -0.15) is 0 Å². The van der Waals surface area contributed by atoms with Gasteiger partial charge in [0, 0.05) is 19.3 Å². The van der Waals surface area contributed by atoms with Gasteiger partial charge in [0.15, 0.2) is 0 Å². The molecule has 98 valence electrons. The van der Waals surface area contributed by atoms with E-state index in [0.29, 0.717) is 6.54 Å². The second-order valence-electron chi connectivity index (χ2n) is 4.47. The Morgan fingerprint density at radius 3 is 3.17 bits per heavy atom. The van der Waals surface area contributed by atoms with E-state index in [-0.39, 0.29) is 18.2 Å². The van der Waals surface area contributed by atoms with Crippen molar-refractivity contribution in [2.45, 2.75) is 31.9 Å². The molecule has 1 fully saturated rings. The normalized spacial score (nSPS) is 20.4.